The van der Waals surface area contributed by atoms with Gasteiger partial charge >= 0.3 is 0 Å². The maximum atomic E-state index is 11.9. The average molecular weight is 276 g/mol. The third-order valence-electron chi connectivity index (χ3n) is 3.75. The van der Waals surface area contributed by atoms with Crippen LogP contribution in [0, 0.1) is 12.3 Å². The molecule has 20 heavy (non-hydrogen) atoms. The molecule has 1 aliphatic rings. The summed E-state index contributed by atoms with van der Waals surface area (Å²) in [4.78, 5) is 23.6. The topological polar surface area (TPSA) is 78.4 Å². The number of benzene rings is 1. The van der Waals surface area contributed by atoms with E-state index in [1.807, 2.05) is 19.1 Å². The molecule has 1 saturated carbocycles. The Labute approximate surface area is 118 Å². The van der Waals surface area contributed by atoms with E-state index in [1.165, 1.54) is 0 Å². The molecule has 0 aromatic heterocycles. The first-order chi connectivity index (χ1) is 9.56. The molecule has 0 aliphatic heterocycles. The summed E-state index contributed by atoms with van der Waals surface area (Å²) >= 11 is 0. The third kappa shape index (κ3) is 3.57. The van der Waals surface area contributed by atoms with E-state index in [1.54, 1.807) is 12.1 Å². The summed E-state index contributed by atoms with van der Waals surface area (Å²) in [6.45, 7) is 2.38. The van der Waals surface area contributed by atoms with Crippen LogP contribution in [0.15, 0.2) is 24.3 Å². The van der Waals surface area contributed by atoms with Crippen LogP contribution in [0.25, 0.3) is 0 Å². The lowest BCUT2D eigenvalue weighted by Crippen LogP contribution is -2.40. The summed E-state index contributed by atoms with van der Waals surface area (Å²) in [5.41, 5.74) is 1.34. The Morgan fingerprint density at radius 2 is 1.95 bits per heavy atom. The minimum atomic E-state index is -0.249. The van der Waals surface area contributed by atoms with Crippen molar-refractivity contribution < 1.29 is 14.7 Å². The SMILES string of the molecule is Cc1ccccc1C(=O)NCC(=O)NCC1(CO)CC1. The summed E-state index contributed by atoms with van der Waals surface area (Å²) in [6, 6.07) is 7.24. The van der Waals surface area contributed by atoms with Crippen molar-refractivity contribution in [3.05, 3.63) is 35.4 Å². The van der Waals surface area contributed by atoms with Crippen molar-refractivity contribution in [2.75, 3.05) is 19.7 Å². The first-order valence-corrected chi connectivity index (χ1v) is 6.78. The van der Waals surface area contributed by atoms with E-state index in [4.69, 9.17) is 5.11 Å². The molecular formula is C15H20N2O3. The van der Waals surface area contributed by atoms with Gasteiger partial charge in [-0.3, -0.25) is 9.59 Å². The Morgan fingerprint density at radius 1 is 1.25 bits per heavy atom. The third-order valence-corrected chi connectivity index (χ3v) is 3.75. The summed E-state index contributed by atoms with van der Waals surface area (Å²) in [6.07, 6.45) is 1.89. The zero-order valence-corrected chi connectivity index (χ0v) is 11.6. The van der Waals surface area contributed by atoms with Gasteiger partial charge in [0, 0.05) is 17.5 Å². The first-order valence-electron chi connectivity index (χ1n) is 6.78. The minimum absolute atomic E-state index is 0.0469. The molecule has 5 heteroatoms. The quantitative estimate of drug-likeness (QED) is 0.712. The highest BCUT2D eigenvalue weighted by Crippen LogP contribution is 2.44. The number of rotatable bonds is 6. The normalized spacial score (nSPS) is 15.5. The van der Waals surface area contributed by atoms with E-state index in [9.17, 15) is 9.59 Å². The number of carbonyl (C=O) groups is 2. The Bertz CT molecular complexity index is 510. The number of aliphatic hydroxyl groups is 1. The van der Waals surface area contributed by atoms with Crippen LogP contribution in [0.3, 0.4) is 0 Å². The summed E-state index contributed by atoms with van der Waals surface area (Å²) in [5, 5.41) is 14.5. The van der Waals surface area contributed by atoms with Crippen LogP contribution in [-0.2, 0) is 4.79 Å². The zero-order chi connectivity index (χ0) is 14.6. The van der Waals surface area contributed by atoms with E-state index in [0.717, 1.165) is 18.4 Å². The predicted octanol–water partition coefficient (Wildman–Crippen LogP) is 0.614. The van der Waals surface area contributed by atoms with Crippen LogP contribution in [0.5, 0.6) is 0 Å². The summed E-state index contributed by atoms with van der Waals surface area (Å²) < 4.78 is 0. The monoisotopic (exact) mass is 276 g/mol. The molecule has 1 aromatic carbocycles. The Hall–Kier alpha value is -1.88. The van der Waals surface area contributed by atoms with Crippen molar-refractivity contribution in [3.63, 3.8) is 0 Å². The Kier molecular flexibility index (Phi) is 4.39. The Balaban J connectivity index is 1.76. The molecule has 0 saturated heterocycles. The molecule has 0 unspecified atom stereocenters. The highest BCUT2D eigenvalue weighted by atomic mass is 16.3. The van der Waals surface area contributed by atoms with Crippen LogP contribution in [-0.4, -0.2) is 36.6 Å². The number of hydrogen-bond donors (Lipinski definition) is 3. The fraction of sp³-hybridized carbons (Fsp3) is 0.467. The van der Waals surface area contributed by atoms with Crippen LogP contribution < -0.4 is 10.6 Å². The molecule has 0 radical (unpaired) electrons. The Morgan fingerprint density at radius 3 is 2.55 bits per heavy atom. The van der Waals surface area contributed by atoms with Crippen molar-refractivity contribution in [2.24, 2.45) is 5.41 Å². The fourth-order valence-electron chi connectivity index (χ4n) is 2.00. The first kappa shape index (κ1) is 14.5. The molecule has 0 spiro atoms. The van der Waals surface area contributed by atoms with Gasteiger partial charge in [0.15, 0.2) is 0 Å². The molecule has 1 aliphatic carbocycles. The average Bonchev–Trinajstić information content (AvgIpc) is 3.24. The number of carbonyl (C=O) groups excluding carboxylic acids is 2. The van der Waals surface area contributed by atoms with Crippen LogP contribution in [0.2, 0.25) is 0 Å². The highest BCUT2D eigenvalue weighted by molar-refractivity contribution is 5.97. The second kappa shape index (κ2) is 6.05. The van der Waals surface area contributed by atoms with Crippen molar-refractivity contribution in [3.8, 4) is 0 Å². The van der Waals surface area contributed by atoms with Crippen molar-refractivity contribution >= 4 is 11.8 Å². The standard InChI is InChI=1S/C15H20N2O3/c1-11-4-2-3-5-12(11)14(20)16-8-13(19)17-9-15(10-18)6-7-15/h2-5,18H,6-10H2,1H3,(H,16,20)(H,17,19). The molecule has 3 N–H and O–H groups in total. The summed E-state index contributed by atoms with van der Waals surface area (Å²) in [7, 11) is 0. The molecular weight excluding hydrogens is 256 g/mol. The van der Waals surface area contributed by atoms with Gasteiger partial charge in [-0.15, -0.1) is 0 Å². The molecule has 2 rings (SSSR count). The van der Waals surface area contributed by atoms with E-state index in [-0.39, 0.29) is 30.4 Å². The largest absolute Gasteiger partial charge is 0.396 e. The molecule has 0 bridgehead atoms. The number of aryl methyl sites for hydroxylation is 1. The van der Waals surface area contributed by atoms with E-state index in [0.29, 0.717) is 12.1 Å². The maximum Gasteiger partial charge on any atom is 0.251 e. The van der Waals surface area contributed by atoms with Gasteiger partial charge in [-0.25, -0.2) is 0 Å². The smallest absolute Gasteiger partial charge is 0.251 e. The number of aliphatic hydroxyl groups excluding tert-OH is 1. The molecule has 2 amide bonds. The number of amides is 2. The van der Waals surface area contributed by atoms with E-state index >= 15 is 0 Å². The lowest BCUT2D eigenvalue weighted by Gasteiger charge is -2.13. The van der Waals surface area contributed by atoms with Crippen LogP contribution in [0.4, 0.5) is 0 Å². The van der Waals surface area contributed by atoms with Gasteiger partial charge in [0.05, 0.1) is 13.2 Å². The molecule has 5 nitrogen and oxygen atoms in total. The van der Waals surface area contributed by atoms with Crippen molar-refractivity contribution in [1.82, 2.24) is 10.6 Å². The van der Waals surface area contributed by atoms with Gasteiger partial charge in [0.2, 0.25) is 5.91 Å². The summed E-state index contributed by atoms with van der Waals surface area (Å²) in [5.74, 6) is -0.479. The van der Waals surface area contributed by atoms with Gasteiger partial charge in [0.25, 0.3) is 5.91 Å². The molecule has 108 valence electrons. The van der Waals surface area contributed by atoms with Crippen molar-refractivity contribution in [1.29, 1.82) is 0 Å². The lowest BCUT2D eigenvalue weighted by molar-refractivity contribution is -0.120. The predicted molar refractivity (Wildman–Crippen MR) is 75.3 cm³/mol. The maximum absolute atomic E-state index is 11.9. The molecule has 1 fully saturated rings. The van der Waals surface area contributed by atoms with Gasteiger partial charge in [-0.2, -0.15) is 0 Å². The number of hydrogen-bond acceptors (Lipinski definition) is 3. The van der Waals surface area contributed by atoms with Crippen LogP contribution in [0.1, 0.15) is 28.8 Å². The molecule has 0 heterocycles. The van der Waals surface area contributed by atoms with Crippen LogP contribution >= 0.6 is 0 Å². The van der Waals surface area contributed by atoms with Gasteiger partial charge in [-0.1, -0.05) is 18.2 Å². The fourth-order valence-corrected chi connectivity index (χ4v) is 2.00. The van der Waals surface area contributed by atoms with E-state index in [2.05, 4.69) is 10.6 Å². The van der Waals surface area contributed by atoms with Crippen molar-refractivity contribution in [2.45, 2.75) is 19.8 Å². The van der Waals surface area contributed by atoms with E-state index < -0.39 is 0 Å². The molecule has 1 aromatic rings. The molecule has 0 atom stereocenters. The van der Waals surface area contributed by atoms with Gasteiger partial charge in [0.1, 0.15) is 0 Å². The highest BCUT2D eigenvalue weighted by Gasteiger charge is 2.41. The lowest BCUT2D eigenvalue weighted by atomic mass is 10.1. The van der Waals surface area contributed by atoms with Gasteiger partial charge in [-0.05, 0) is 31.4 Å². The minimum Gasteiger partial charge on any atom is -0.396 e. The second-order valence-electron chi connectivity index (χ2n) is 5.43. The number of nitrogens with one attached hydrogen (secondary N) is 2. The second-order valence-corrected chi connectivity index (χ2v) is 5.43. The van der Waals surface area contributed by atoms with Gasteiger partial charge < -0.3 is 15.7 Å². The zero-order valence-electron chi connectivity index (χ0n) is 11.6.